The van der Waals surface area contributed by atoms with Gasteiger partial charge in [-0.25, -0.2) is 0 Å². The molecule has 5 nitrogen and oxygen atoms in total. The second-order valence-electron chi connectivity index (χ2n) is 2.57. The van der Waals surface area contributed by atoms with Gasteiger partial charge in [-0.1, -0.05) is 0 Å². The lowest BCUT2D eigenvalue weighted by Crippen LogP contribution is -2.21. The van der Waals surface area contributed by atoms with Crippen LogP contribution in [0, 0.1) is 0 Å². The zero-order chi connectivity index (χ0) is 10.6. The SMILES string of the molecule is C1COCCOC1.CO[SiH](OC)OC. The molecule has 0 unspecified atom stereocenters. The van der Waals surface area contributed by atoms with Gasteiger partial charge in [0, 0.05) is 34.5 Å². The van der Waals surface area contributed by atoms with Crippen LogP contribution in [0.25, 0.3) is 0 Å². The maximum Gasteiger partial charge on any atom is 0.483 e. The summed E-state index contributed by atoms with van der Waals surface area (Å²) >= 11 is 0. The number of ether oxygens (including phenoxy) is 2. The van der Waals surface area contributed by atoms with Gasteiger partial charge in [0.05, 0.1) is 13.2 Å². The maximum atomic E-state index is 5.07. The molecule has 0 atom stereocenters. The van der Waals surface area contributed by atoms with Crippen LogP contribution in [-0.2, 0) is 22.8 Å². The molecule has 0 N–H and O–H groups in total. The molecule has 0 spiro atoms. The second-order valence-corrected chi connectivity index (χ2v) is 4.57. The van der Waals surface area contributed by atoms with Gasteiger partial charge in [0.1, 0.15) is 0 Å². The largest absolute Gasteiger partial charge is 0.483 e. The van der Waals surface area contributed by atoms with Crippen molar-refractivity contribution in [3.63, 3.8) is 0 Å². The zero-order valence-corrected chi connectivity index (χ0v) is 10.3. The minimum absolute atomic E-state index is 0.778. The van der Waals surface area contributed by atoms with E-state index in [1.807, 2.05) is 0 Å². The highest BCUT2D eigenvalue weighted by Gasteiger charge is 2.04. The first-order valence-corrected chi connectivity index (χ1v) is 6.00. The molecule has 0 bridgehead atoms. The summed E-state index contributed by atoms with van der Waals surface area (Å²) in [5.74, 6) is 0. The van der Waals surface area contributed by atoms with Gasteiger partial charge >= 0.3 is 9.53 Å². The standard InChI is InChI=1S/C5H10O2.C3H10O3Si/c1-2-6-4-5-7-3-1;1-4-7(5-2)6-3/h1-5H2;7H,1-3H3. The quantitative estimate of drug-likeness (QED) is 0.635. The van der Waals surface area contributed by atoms with Gasteiger partial charge in [0.15, 0.2) is 0 Å². The molecule has 0 saturated carbocycles. The molecule has 0 aromatic rings. The summed E-state index contributed by atoms with van der Waals surface area (Å²) < 4.78 is 24.4. The van der Waals surface area contributed by atoms with Crippen molar-refractivity contribution < 1.29 is 22.8 Å². The van der Waals surface area contributed by atoms with Crippen molar-refractivity contribution in [1.29, 1.82) is 0 Å². The average molecular weight is 224 g/mol. The predicted molar refractivity (Wildman–Crippen MR) is 54.4 cm³/mol. The second kappa shape index (κ2) is 11.1. The Bertz CT molecular complexity index is 84.7. The molecule has 0 radical (unpaired) electrons. The van der Waals surface area contributed by atoms with E-state index in [2.05, 4.69) is 0 Å². The van der Waals surface area contributed by atoms with Crippen molar-refractivity contribution in [2.24, 2.45) is 0 Å². The minimum atomic E-state index is -1.67. The van der Waals surface area contributed by atoms with Gasteiger partial charge in [0.2, 0.25) is 0 Å². The molecule has 86 valence electrons. The van der Waals surface area contributed by atoms with Gasteiger partial charge in [-0.15, -0.1) is 0 Å². The van der Waals surface area contributed by atoms with E-state index >= 15 is 0 Å². The fourth-order valence-electron chi connectivity index (χ4n) is 0.874. The molecule has 1 rings (SSSR count). The van der Waals surface area contributed by atoms with Crippen LogP contribution in [0.5, 0.6) is 0 Å². The highest BCUT2D eigenvalue weighted by molar-refractivity contribution is 6.36. The lowest BCUT2D eigenvalue weighted by molar-refractivity contribution is 0.103. The van der Waals surface area contributed by atoms with E-state index in [1.165, 1.54) is 0 Å². The lowest BCUT2D eigenvalue weighted by atomic mass is 10.5. The van der Waals surface area contributed by atoms with Gasteiger partial charge < -0.3 is 22.8 Å². The van der Waals surface area contributed by atoms with Crippen LogP contribution in [0.2, 0.25) is 0 Å². The summed E-state index contributed by atoms with van der Waals surface area (Å²) in [6, 6.07) is 0. The first-order valence-electron chi connectivity index (χ1n) is 4.59. The summed E-state index contributed by atoms with van der Waals surface area (Å²) in [6.45, 7) is 3.31. The van der Waals surface area contributed by atoms with Gasteiger partial charge in [-0.2, -0.15) is 0 Å². The molecule has 0 aromatic carbocycles. The Morgan fingerprint density at radius 3 is 1.50 bits per heavy atom. The third-order valence-electron chi connectivity index (χ3n) is 1.53. The highest BCUT2D eigenvalue weighted by Crippen LogP contribution is 1.90. The molecule has 1 fully saturated rings. The summed E-state index contributed by atoms with van der Waals surface area (Å²) in [5.41, 5.74) is 0. The Morgan fingerprint density at radius 2 is 1.21 bits per heavy atom. The number of hydrogen-bond acceptors (Lipinski definition) is 5. The number of rotatable bonds is 3. The van der Waals surface area contributed by atoms with Crippen LogP contribution in [-0.4, -0.2) is 57.3 Å². The maximum absolute atomic E-state index is 5.07. The van der Waals surface area contributed by atoms with E-state index in [0.29, 0.717) is 0 Å². The fourth-order valence-corrected chi connectivity index (χ4v) is 1.45. The number of hydrogen-bond donors (Lipinski definition) is 0. The molecule has 0 amide bonds. The average Bonchev–Trinajstić information content (AvgIpc) is 2.53. The predicted octanol–water partition coefficient (Wildman–Crippen LogP) is 0.0661. The third-order valence-corrected chi connectivity index (χ3v) is 2.68. The minimum Gasteiger partial charge on any atom is -0.379 e. The van der Waals surface area contributed by atoms with Crippen molar-refractivity contribution in [2.75, 3.05) is 47.8 Å². The Hall–Kier alpha value is 0.0169. The summed E-state index contributed by atoms with van der Waals surface area (Å²) in [7, 11) is 3.05. The van der Waals surface area contributed by atoms with Gasteiger partial charge in [0.25, 0.3) is 0 Å². The molecule has 1 saturated heterocycles. The smallest absolute Gasteiger partial charge is 0.379 e. The van der Waals surface area contributed by atoms with Crippen molar-refractivity contribution in [3.8, 4) is 0 Å². The first-order chi connectivity index (χ1) is 6.85. The van der Waals surface area contributed by atoms with E-state index in [4.69, 9.17) is 22.8 Å². The normalized spacial score (nSPS) is 17.1. The zero-order valence-electron chi connectivity index (χ0n) is 9.15. The van der Waals surface area contributed by atoms with Crippen molar-refractivity contribution >= 4 is 9.53 Å². The Labute approximate surface area is 87.2 Å². The first kappa shape index (κ1) is 14.0. The lowest BCUT2D eigenvalue weighted by Gasteiger charge is -2.05. The summed E-state index contributed by atoms with van der Waals surface area (Å²) in [4.78, 5) is 0. The fraction of sp³-hybridized carbons (Fsp3) is 1.00. The van der Waals surface area contributed by atoms with E-state index in [-0.39, 0.29) is 0 Å². The van der Waals surface area contributed by atoms with Crippen LogP contribution < -0.4 is 0 Å². The Kier molecular flexibility index (Phi) is 11.1. The summed E-state index contributed by atoms with van der Waals surface area (Å²) in [6.07, 6.45) is 1.06. The monoisotopic (exact) mass is 224 g/mol. The van der Waals surface area contributed by atoms with Crippen molar-refractivity contribution in [1.82, 2.24) is 0 Å². The van der Waals surface area contributed by atoms with E-state index < -0.39 is 9.53 Å². The van der Waals surface area contributed by atoms with Crippen molar-refractivity contribution in [3.05, 3.63) is 0 Å². The molecular formula is C8H20O5Si. The summed E-state index contributed by atoms with van der Waals surface area (Å²) in [5, 5.41) is 0. The molecule has 1 aliphatic heterocycles. The topological polar surface area (TPSA) is 46.2 Å². The molecular weight excluding hydrogens is 204 g/mol. The van der Waals surface area contributed by atoms with E-state index in [9.17, 15) is 0 Å². The highest BCUT2D eigenvalue weighted by atomic mass is 28.3. The molecule has 14 heavy (non-hydrogen) atoms. The molecule has 0 aromatic heterocycles. The Morgan fingerprint density at radius 1 is 0.786 bits per heavy atom. The van der Waals surface area contributed by atoms with E-state index in [0.717, 1.165) is 32.8 Å². The third kappa shape index (κ3) is 8.61. The van der Waals surface area contributed by atoms with E-state index in [1.54, 1.807) is 21.3 Å². The Balaban J connectivity index is 0.000000241. The molecule has 1 heterocycles. The van der Waals surface area contributed by atoms with Crippen LogP contribution in [0.15, 0.2) is 0 Å². The van der Waals surface area contributed by atoms with Gasteiger partial charge in [-0.05, 0) is 6.42 Å². The van der Waals surface area contributed by atoms with Gasteiger partial charge in [-0.3, -0.25) is 0 Å². The van der Waals surface area contributed by atoms with Crippen LogP contribution >= 0.6 is 0 Å². The molecule has 1 aliphatic rings. The molecule has 0 aliphatic carbocycles. The van der Waals surface area contributed by atoms with Crippen molar-refractivity contribution in [2.45, 2.75) is 6.42 Å². The van der Waals surface area contributed by atoms with Crippen LogP contribution in [0.4, 0.5) is 0 Å². The van der Waals surface area contributed by atoms with Crippen LogP contribution in [0.1, 0.15) is 6.42 Å². The van der Waals surface area contributed by atoms with Crippen LogP contribution in [0.3, 0.4) is 0 Å². The molecule has 6 heteroatoms.